The molecule has 188 valence electrons. The van der Waals surface area contributed by atoms with Gasteiger partial charge in [-0.15, -0.1) is 0 Å². The fraction of sp³-hybridized carbons (Fsp3) is 0.296. The van der Waals surface area contributed by atoms with Crippen molar-refractivity contribution in [2.75, 3.05) is 6.61 Å². The highest BCUT2D eigenvalue weighted by molar-refractivity contribution is 8.15. The Morgan fingerprint density at radius 3 is 2.42 bits per heavy atom. The fourth-order valence-electron chi connectivity index (χ4n) is 3.96. The smallest absolute Gasteiger partial charge is 0.416 e. The highest BCUT2D eigenvalue weighted by atomic mass is 32.2. The van der Waals surface area contributed by atoms with Crippen LogP contribution in [0.5, 0.6) is 5.75 Å². The van der Waals surface area contributed by atoms with Gasteiger partial charge in [0, 0.05) is 18.3 Å². The first-order valence-corrected chi connectivity index (χ1v) is 12.4. The summed E-state index contributed by atoms with van der Waals surface area (Å²) in [6.07, 6.45) is -2.23. The molecule has 3 aromatic rings. The van der Waals surface area contributed by atoms with E-state index in [4.69, 9.17) is 4.74 Å². The summed E-state index contributed by atoms with van der Waals surface area (Å²) in [5.74, 6) is 0.362. The minimum Gasteiger partial charge on any atom is -0.493 e. The molecule has 4 rings (SSSR count). The number of hydrogen-bond donors (Lipinski definition) is 0. The molecule has 9 heteroatoms. The molecule has 0 N–H and O–H groups in total. The lowest BCUT2D eigenvalue weighted by Crippen LogP contribution is -2.31. The molecular formula is C27H25F3N2O3S. The zero-order valence-corrected chi connectivity index (χ0v) is 20.4. The third-order valence-electron chi connectivity index (χ3n) is 5.89. The van der Waals surface area contributed by atoms with Gasteiger partial charge in [0.15, 0.2) is 0 Å². The topological polar surface area (TPSA) is 59.5 Å². The maximum atomic E-state index is 13.2. The van der Waals surface area contributed by atoms with Gasteiger partial charge in [-0.05, 0) is 47.7 Å². The van der Waals surface area contributed by atoms with E-state index in [1.807, 2.05) is 42.5 Å². The van der Waals surface area contributed by atoms with E-state index < -0.39 is 17.0 Å². The summed E-state index contributed by atoms with van der Waals surface area (Å²) in [5.41, 5.74) is 1.62. The molecule has 0 bridgehead atoms. The molecule has 1 unspecified atom stereocenters. The van der Waals surface area contributed by atoms with E-state index in [0.717, 1.165) is 29.0 Å². The Morgan fingerprint density at radius 1 is 1.03 bits per heavy atom. The van der Waals surface area contributed by atoms with Gasteiger partial charge in [0.05, 0.1) is 24.0 Å². The Balaban J connectivity index is 1.30. The second kappa shape index (κ2) is 11.2. The van der Waals surface area contributed by atoms with Gasteiger partial charge in [0.25, 0.3) is 5.24 Å². The van der Waals surface area contributed by atoms with Crippen LogP contribution in [0.2, 0.25) is 0 Å². The van der Waals surface area contributed by atoms with E-state index in [1.165, 1.54) is 11.1 Å². The second-order valence-corrected chi connectivity index (χ2v) is 9.57. The number of aryl methyl sites for hydroxylation is 1. The van der Waals surface area contributed by atoms with E-state index in [-0.39, 0.29) is 42.7 Å². The highest BCUT2D eigenvalue weighted by Gasteiger charge is 2.39. The van der Waals surface area contributed by atoms with E-state index >= 15 is 0 Å². The van der Waals surface area contributed by atoms with Crippen LogP contribution in [0.15, 0.2) is 66.9 Å². The first-order valence-electron chi connectivity index (χ1n) is 11.6. The second-order valence-electron chi connectivity index (χ2n) is 8.41. The van der Waals surface area contributed by atoms with E-state index in [1.54, 1.807) is 19.1 Å². The summed E-state index contributed by atoms with van der Waals surface area (Å²) in [7, 11) is 0. The number of aromatic nitrogens is 1. The van der Waals surface area contributed by atoms with Gasteiger partial charge in [0.2, 0.25) is 5.91 Å². The third kappa shape index (κ3) is 6.26. The molecule has 2 aromatic carbocycles. The van der Waals surface area contributed by atoms with E-state index in [0.29, 0.717) is 17.9 Å². The lowest BCUT2D eigenvalue weighted by atomic mass is 10.1. The van der Waals surface area contributed by atoms with Crippen molar-refractivity contribution in [3.05, 3.63) is 94.8 Å². The molecule has 2 heterocycles. The Morgan fingerprint density at radius 2 is 1.75 bits per heavy atom. The minimum atomic E-state index is -4.41. The highest BCUT2D eigenvalue weighted by Crippen LogP contribution is 2.33. The maximum Gasteiger partial charge on any atom is 0.416 e. The Bertz CT molecular complexity index is 1220. The number of halogens is 3. The van der Waals surface area contributed by atoms with Gasteiger partial charge in [0.1, 0.15) is 5.75 Å². The molecule has 0 spiro atoms. The predicted octanol–water partition coefficient (Wildman–Crippen LogP) is 6.09. The fourth-order valence-corrected chi connectivity index (χ4v) is 4.98. The number of thioether (sulfide) groups is 1. The molecule has 5 nitrogen and oxygen atoms in total. The van der Waals surface area contributed by atoms with Crippen LogP contribution < -0.4 is 4.74 Å². The average molecular weight is 515 g/mol. The zero-order chi connectivity index (χ0) is 25.7. The van der Waals surface area contributed by atoms with Crippen molar-refractivity contribution in [3.63, 3.8) is 0 Å². The Kier molecular flexibility index (Phi) is 7.98. The van der Waals surface area contributed by atoms with Gasteiger partial charge in [-0.1, -0.05) is 61.2 Å². The summed E-state index contributed by atoms with van der Waals surface area (Å²) in [6, 6.07) is 17.6. The standard InChI is InChI=1S/C27H25F3N2O3S/c1-2-20-16-31-21(15-23(20)27(28,29)30)12-13-35-22-10-8-18(9-11-22)14-24-25(33)32(26(34)36-24)17-19-6-4-3-5-7-19/h3-11,15-16,24H,2,12-14,17H2,1H3. The van der Waals surface area contributed by atoms with Crippen molar-refractivity contribution in [1.82, 2.24) is 9.88 Å². The van der Waals surface area contributed by atoms with Crippen LogP contribution in [-0.2, 0) is 36.8 Å². The van der Waals surface area contributed by atoms with Crippen molar-refractivity contribution in [2.45, 2.75) is 44.2 Å². The molecule has 1 fully saturated rings. The Hall–Kier alpha value is -3.33. The SMILES string of the molecule is CCc1cnc(CCOc2ccc(CC3SC(=O)N(Cc4ccccc4)C3=O)cc2)cc1C(F)(F)F. The van der Waals surface area contributed by atoms with Crippen LogP contribution in [-0.4, -0.2) is 32.9 Å². The number of amides is 2. The van der Waals surface area contributed by atoms with Gasteiger partial charge in [-0.2, -0.15) is 13.2 Å². The molecular weight excluding hydrogens is 489 g/mol. The van der Waals surface area contributed by atoms with Gasteiger partial charge in [-0.3, -0.25) is 19.5 Å². The van der Waals surface area contributed by atoms with Gasteiger partial charge < -0.3 is 4.74 Å². The first-order chi connectivity index (χ1) is 17.2. The molecule has 0 saturated carbocycles. The third-order valence-corrected chi connectivity index (χ3v) is 6.96. The normalized spacial score (nSPS) is 16.0. The number of carbonyl (C=O) groups is 2. The van der Waals surface area contributed by atoms with Crippen molar-refractivity contribution in [2.24, 2.45) is 0 Å². The lowest BCUT2D eigenvalue weighted by Gasteiger charge is -2.14. The molecule has 0 radical (unpaired) electrons. The van der Waals surface area contributed by atoms with Crippen LogP contribution >= 0.6 is 11.8 Å². The number of carbonyl (C=O) groups excluding carboxylic acids is 2. The predicted molar refractivity (Wildman–Crippen MR) is 132 cm³/mol. The lowest BCUT2D eigenvalue weighted by molar-refractivity contribution is -0.138. The van der Waals surface area contributed by atoms with Crippen molar-refractivity contribution < 1.29 is 27.5 Å². The van der Waals surface area contributed by atoms with E-state index in [9.17, 15) is 22.8 Å². The molecule has 1 aromatic heterocycles. The molecule has 2 amide bonds. The number of ether oxygens (including phenoxy) is 1. The zero-order valence-electron chi connectivity index (χ0n) is 19.6. The van der Waals surface area contributed by atoms with E-state index in [2.05, 4.69) is 4.98 Å². The molecule has 1 aliphatic heterocycles. The summed E-state index contributed by atoms with van der Waals surface area (Å²) in [5, 5.41) is -0.726. The van der Waals surface area contributed by atoms with Crippen molar-refractivity contribution >= 4 is 22.9 Å². The number of nitrogens with zero attached hydrogens (tertiary/aromatic N) is 2. The summed E-state index contributed by atoms with van der Waals surface area (Å²) in [4.78, 5) is 30.6. The van der Waals surface area contributed by atoms with Gasteiger partial charge >= 0.3 is 6.18 Å². The van der Waals surface area contributed by atoms with Crippen LogP contribution in [0.3, 0.4) is 0 Å². The molecule has 0 aliphatic carbocycles. The summed E-state index contributed by atoms with van der Waals surface area (Å²) < 4.78 is 45.4. The largest absolute Gasteiger partial charge is 0.493 e. The maximum absolute atomic E-state index is 13.2. The van der Waals surface area contributed by atoms with Crippen LogP contribution in [0.25, 0.3) is 0 Å². The number of rotatable bonds is 9. The quantitative estimate of drug-likeness (QED) is 0.346. The summed E-state index contributed by atoms with van der Waals surface area (Å²) >= 11 is 1.04. The monoisotopic (exact) mass is 514 g/mol. The number of pyridine rings is 1. The average Bonchev–Trinajstić information content (AvgIpc) is 3.12. The molecule has 1 saturated heterocycles. The molecule has 1 aliphatic rings. The molecule has 36 heavy (non-hydrogen) atoms. The number of benzene rings is 2. The van der Waals surface area contributed by atoms with Gasteiger partial charge in [-0.25, -0.2) is 0 Å². The van der Waals surface area contributed by atoms with Crippen molar-refractivity contribution in [3.8, 4) is 5.75 Å². The van der Waals surface area contributed by atoms with Crippen LogP contribution in [0, 0.1) is 0 Å². The van der Waals surface area contributed by atoms with Crippen LogP contribution in [0.4, 0.5) is 18.0 Å². The number of alkyl halides is 3. The molecule has 1 atom stereocenters. The number of hydrogen-bond acceptors (Lipinski definition) is 5. The first kappa shape index (κ1) is 25.8. The van der Waals surface area contributed by atoms with Crippen molar-refractivity contribution in [1.29, 1.82) is 0 Å². The minimum absolute atomic E-state index is 0.173. The summed E-state index contributed by atoms with van der Waals surface area (Å²) in [6.45, 7) is 2.10. The number of imide groups is 1. The van der Waals surface area contributed by atoms with Crippen LogP contribution in [0.1, 0.15) is 34.9 Å². The Labute approximate surface area is 211 Å².